The predicted molar refractivity (Wildman–Crippen MR) is 127 cm³/mol. The molecule has 0 atom stereocenters. The molecule has 0 radical (unpaired) electrons. The standard InChI is InChI=1S/C26H21N5O3/c1-17-3-2-4-24(29-17)34-21-11-7-18(8-12-21)25-22(15-27)23-16-28-13-14-30(23)26(25)19-5-9-20(10-6-19)31(32)33/h2-12,28H,13-14,16H2,1H3. The molecule has 4 aromatic rings. The lowest BCUT2D eigenvalue weighted by Gasteiger charge is -2.19. The second-order valence-corrected chi connectivity index (χ2v) is 8.03. The summed E-state index contributed by atoms with van der Waals surface area (Å²) in [5.74, 6) is 1.16. The van der Waals surface area contributed by atoms with Crippen LogP contribution in [0, 0.1) is 28.4 Å². The first kappa shape index (κ1) is 21.4. The third-order valence-corrected chi connectivity index (χ3v) is 5.87. The van der Waals surface area contributed by atoms with E-state index in [2.05, 4.69) is 20.9 Å². The zero-order valence-electron chi connectivity index (χ0n) is 18.5. The van der Waals surface area contributed by atoms with Gasteiger partial charge in [0.05, 0.1) is 21.9 Å². The van der Waals surface area contributed by atoms with Crippen molar-refractivity contribution < 1.29 is 9.66 Å². The van der Waals surface area contributed by atoms with Crippen LogP contribution in [-0.2, 0) is 13.1 Å². The fourth-order valence-electron chi connectivity index (χ4n) is 4.32. The van der Waals surface area contributed by atoms with Gasteiger partial charge in [-0.1, -0.05) is 18.2 Å². The number of fused-ring (bicyclic) bond motifs is 1. The molecule has 0 aliphatic carbocycles. The van der Waals surface area contributed by atoms with Crippen molar-refractivity contribution in [3.8, 4) is 40.1 Å². The van der Waals surface area contributed by atoms with Crippen LogP contribution in [0.2, 0.25) is 0 Å². The van der Waals surface area contributed by atoms with Crippen LogP contribution in [0.3, 0.4) is 0 Å². The summed E-state index contributed by atoms with van der Waals surface area (Å²) in [6, 6.07) is 22.0. The molecule has 2 aromatic heterocycles. The Morgan fingerprint density at radius 1 is 1.09 bits per heavy atom. The molecule has 0 amide bonds. The number of ether oxygens (including phenoxy) is 1. The van der Waals surface area contributed by atoms with Crippen molar-refractivity contribution in [2.75, 3.05) is 6.54 Å². The summed E-state index contributed by atoms with van der Waals surface area (Å²) >= 11 is 0. The normalized spacial score (nSPS) is 12.6. The Hall–Kier alpha value is -4.48. The smallest absolute Gasteiger partial charge is 0.269 e. The van der Waals surface area contributed by atoms with Gasteiger partial charge in [0.15, 0.2) is 0 Å². The Morgan fingerprint density at radius 3 is 2.50 bits per heavy atom. The number of nitriles is 1. The van der Waals surface area contributed by atoms with Crippen LogP contribution >= 0.6 is 0 Å². The molecule has 34 heavy (non-hydrogen) atoms. The fraction of sp³-hybridized carbons (Fsp3) is 0.154. The molecule has 8 heteroatoms. The van der Waals surface area contributed by atoms with Crippen molar-refractivity contribution in [1.82, 2.24) is 14.9 Å². The molecule has 168 valence electrons. The van der Waals surface area contributed by atoms with E-state index in [1.165, 1.54) is 12.1 Å². The molecule has 8 nitrogen and oxygen atoms in total. The van der Waals surface area contributed by atoms with E-state index in [9.17, 15) is 15.4 Å². The van der Waals surface area contributed by atoms with Crippen LogP contribution < -0.4 is 10.1 Å². The second kappa shape index (κ2) is 8.81. The predicted octanol–water partition coefficient (Wildman–Crippen LogP) is 5.20. The van der Waals surface area contributed by atoms with Crippen LogP contribution in [0.4, 0.5) is 5.69 Å². The van der Waals surface area contributed by atoms with Crippen molar-refractivity contribution in [3.05, 3.63) is 93.8 Å². The third kappa shape index (κ3) is 3.89. The van der Waals surface area contributed by atoms with Crippen LogP contribution in [-0.4, -0.2) is 21.0 Å². The number of rotatable bonds is 5. The zero-order chi connectivity index (χ0) is 23.7. The van der Waals surface area contributed by atoms with E-state index in [-0.39, 0.29) is 5.69 Å². The van der Waals surface area contributed by atoms with Crippen molar-refractivity contribution in [3.63, 3.8) is 0 Å². The van der Waals surface area contributed by atoms with Crippen molar-refractivity contribution in [2.24, 2.45) is 0 Å². The van der Waals surface area contributed by atoms with Crippen LogP contribution in [0.5, 0.6) is 11.6 Å². The molecule has 1 aliphatic rings. The Balaban J connectivity index is 1.60. The van der Waals surface area contributed by atoms with Gasteiger partial charge in [-0.15, -0.1) is 0 Å². The molecule has 0 unspecified atom stereocenters. The van der Waals surface area contributed by atoms with Crippen LogP contribution in [0.25, 0.3) is 22.4 Å². The van der Waals surface area contributed by atoms with E-state index in [4.69, 9.17) is 4.74 Å². The molecule has 3 heterocycles. The molecule has 0 bridgehead atoms. The highest BCUT2D eigenvalue weighted by molar-refractivity contribution is 5.88. The van der Waals surface area contributed by atoms with Crippen molar-refractivity contribution in [2.45, 2.75) is 20.0 Å². The van der Waals surface area contributed by atoms with Gasteiger partial charge < -0.3 is 14.6 Å². The molecule has 0 fully saturated rings. The number of aryl methyl sites for hydroxylation is 1. The van der Waals surface area contributed by atoms with Gasteiger partial charge in [-0.05, 0) is 48.4 Å². The number of aromatic nitrogens is 2. The first-order chi connectivity index (χ1) is 16.5. The van der Waals surface area contributed by atoms with E-state index in [1.54, 1.807) is 18.2 Å². The summed E-state index contributed by atoms with van der Waals surface area (Å²) in [6.45, 7) is 3.98. The summed E-state index contributed by atoms with van der Waals surface area (Å²) in [5.41, 5.74) is 5.83. The molecule has 5 rings (SSSR count). The number of non-ortho nitro benzene ring substituents is 1. The monoisotopic (exact) mass is 451 g/mol. The summed E-state index contributed by atoms with van der Waals surface area (Å²) in [4.78, 5) is 15.1. The van der Waals surface area contributed by atoms with Crippen molar-refractivity contribution >= 4 is 5.69 Å². The van der Waals surface area contributed by atoms with Gasteiger partial charge >= 0.3 is 0 Å². The van der Waals surface area contributed by atoms with E-state index >= 15 is 0 Å². The molecule has 0 saturated carbocycles. The molecule has 2 aromatic carbocycles. The first-order valence-electron chi connectivity index (χ1n) is 10.9. The number of hydrogen-bond acceptors (Lipinski definition) is 6. The lowest BCUT2D eigenvalue weighted by molar-refractivity contribution is -0.384. The highest BCUT2D eigenvalue weighted by Crippen LogP contribution is 2.41. The Labute approximate surface area is 196 Å². The number of benzene rings is 2. The number of nitro groups is 1. The topological polar surface area (TPSA) is 106 Å². The maximum atomic E-state index is 11.1. The van der Waals surface area contributed by atoms with Gasteiger partial charge in [-0.2, -0.15) is 5.26 Å². The molecular formula is C26H21N5O3. The first-order valence-corrected chi connectivity index (χ1v) is 10.9. The highest BCUT2D eigenvalue weighted by atomic mass is 16.6. The maximum absolute atomic E-state index is 11.1. The van der Waals surface area contributed by atoms with Crippen molar-refractivity contribution in [1.29, 1.82) is 5.26 Å². The van der Waals surface area contributed by atoms with Gasteiger partial charge in [0, 0.05) is 49.1 Å². The van der Waals surface area contributed by atoms with E-state index < -0.39 is 4.92 Å². The largest absolute Gasteiger partial charge is 0.439 e. The Bertz CT molecular complexity index is 1420. The van der Waals surface area contributed by atoms with E-state index in [0.29, 0.717) is 30.3 Å². The quantitative estimate of drug-likeness (QED) is 0.330. The van der Waals surface area contributed by atoms with Gasteiger partial charge in [0.2, 0.25) is 5.88 Å². The second-order valence-electron chi connectivity index (χ2n) is 8.03. The number of nitrogens with zero attached hydrogens (tertiary/aromatic N) is 4. The molecule has 1 N–H and O–H groups in total. The number of pyridine rings is 1. The van der Waals surface area contributed by atoms with Gasteiger partial charge in [-0.3, -0.25) is 10.1 Å². The van der Waals surface area contributed by atoms with E-state index in [0.717, 1.165) is 40.3 Å². The third-order valence-electron chi connectivity index (χ3n) is 5.87. The van der Waals surface area contributed by atoms with Gasteiger partial charge in [0.25, 0.3) is 5.69 Å². The SMILES string of the molecule is Cc1cccc(Oc2ccc(-c3c(C#N)c4n(c3-c3ccc([N+](=O)[O-])cc3)CCNC4)cc2)n1. The van der Waals surface area contributed by atoms with Gasteiger partial charge in [-0.25, -0.2) is 4.98 Å². The summed E-state index contributed by atoms with van der Waals surface area (Å²) in [7, 11) is 0. The number of hydrogen-bond donors (Lipinski definition) is 1. The minimum Gasteiger partial charge on any atom is -0.439 e. The Kier molecular flexibility index (Phi) is 5.54. The lowest BCUT2D eigenvalue weighted by Crippen LogP contribution is -2.28. The summed E-state index contributed by atoms with van der Waals surface area (Å²) in [6.07, 6.45) is 0. The molecular weight excluding hydrogens is 430 g/mol. The maximum Gasteiger partial charge on any atom is 0.269 e. The highest BCUT2D eigenvalue weighted by Gasteiger charge is 2.26. The minimum absolute atomic E-state index is 0.0316. The molecule has 1 aliphatic heterocycles. The molecule has 0 spiro atoms. The summed E-state index contributed by atoms with van der Waals surface area (Å²) in [5, 5.41) is 24.5. The number of nitro benzene ring substituents is 1. The van der Waals surface area contributed by atoms with Gasteiger partial charge in [0.1, 0.15) is 11.8 Å². The summed E-state index contributed by atoms with van der Waals surface area (Å²) < 4.78 is 8.03. The average molecular weight is 451 g/mol. The lowest BCUT2D eigenvalue weighted by atomic mass is 9.97. The van der Waals surface area contributed by atoms with Crippen LogP contribution in [0.15, 0.2) is 66.7 Å². The molecule has 0 saturated heterocycles. The zero-order valence-corrected chi connectivity index (χ0v) is 18.5. The number of nitrogens with one attached hydrogen (secondary N) is 1. The fourth-order valence-corrected chi connectivity index (χ4v) is 4.32. The Morgan fingerprint density at radius 2 is 1.82 bits per heavy atom. The van der Waals surface area contributed by atoms with E-state index in [1.807, 2.05) is 43.3 Å². The van der Waals surface area contributed by atoms with Crippen LogP contribution in [0.1, 0.15) is 17.0 Å². The minimum atomic E-state index is -0.412. The average Bonchev–Trinajstić information content (AvgIpc) is 3.19.